The Bertz CT molecular complexity index is 454. The van der Waals surface area contributed by atoms with Crippen molar-refractivity contribution in [3.05, 3.63) is 24.2 Å². The first-order valence-electron chi connectivity index (χ1n) is 6.48. The van der Waals surface area contributed by atoms with E-state index < -0.39 is 17.8 Å². The van der Waals surface area contributed by atoms with Crippen LogP contribution in [-0.2, 0) is 16.1 Å². The SMILES string of the molecule is CC1CC(C(=O)O)C(C(=O)N(C)Cc2ccoc2)C1. The first kappa shape index (κ1) is 13.6. The standard InChI is InChI=1S/C14H19NO4/c1-9-5-11(12(6-9)14(17)18)13(16)15(2)7-10-3-4-19-8-10/h3-4,8-9,11-12H,5-7H2,1-2H3,(H,17,18). The lowest BCUT2D eigenvalue weighted by molar-refractivity contribution is -0.148. The average molecular weight is 265 g/mol. The summed E-state index contributed by atoms with van der Waals surface area (Å²) in [4.78, 5) is 25.2. The third-order valence-corrected chi connectivity index (χ3v) is 3.81. The number of carbonyl (C=O) groups excluding carboxylic acids is 1. The van der Waals surface area contributed by atoms with Crippen LogP contribution in [0.4, 0.5) is 0 Å². The van der Waals surface area contributed by atoms with Crippen molar-refractivity contribution in [1.82, 2.24) is 4.90 Å². The number of carboxylic acids is 1. The monoisotopic (exact) mass is 265 g/mol. The van der Waals surface area contributed by atoms with Crippen molar-refractivity contribution in [1.29, 1.82) is 0 Å². The molecule has 0 aliphatic heterocycles. The topological polar surface area (TPSA) is 70.8 Å². The summed E-state index contributed by atoms with van der Waals surface area (Å²) in [5.41, 5.74) is 0.911. The smallest absolute Gasteiger partial charge is 0.307 e. The summed E-state index contributed by atoms with van der Waals surface area (Å²) >= 11 is 0. The van der Waals surface area contributed by atoms with Crippen LogP contribution in [0.25, 0.3) is 0 Å². The molecule has 0 bridgehead atoms. The highest BCUT2D eigenvalue weighted by Crippen LogP contribution is 2.37. The molecule has 5 nitrogen and oxygen atoms in total. The van der Waals surface area contributed by atoms with E-state index in [1.54, 1.807) is 30.5 Å². The summed E-state index contributed by atoms with van der Waals surface area (Å²) in [6.07, 6.45) is 4.40. The lowest BCUT2D eigenvalue weighted by atomic mass is 9.95. The molecular formula is C14H19NO4. The lowest BCUT2D eigenvalue weighted by Crippen LogP contribution is -2.36. The van der Waals surface area contributed by atoms with Crippen molar-refractivity contribution in [3.8, 4) is 0 Å². The quantitative estimate of drug-likeness (QED) is 0.903. The van der Waals surface area contributed by atoms with E-state index in [0.717, 1.165) is 5.56 Å². The second-order valence-electron chi connectivity index (χ2n) is 5.45. The Kier molecular flexibility index (Phi) is 3.93. The molecule has 19 heavy (non-hydrogen) atoms. The molecule has 1 aromatic heterocycles. The Morgan fingerprint density at radius 2 is 2.11 bits per heavy atom. The van der Waals surface area contributed by atoms with Gasteiger partial charge in [0, 0.05) is 19.2 Å². The van der Waals surface area contributed by atoms with Crippen LogP contribution in [0.2, 0.25) is 0 Å². The van der Waals surface area contributed by atoms with Crippen molar-refractivity contribution >= 4 is 11.9 Å². The summed E-state index contributed by atoms with van der Waals surface area (Å²) in [6, 6.07) is 1.80. The first-order valence-corrected chi connectivity index (χ1v) is 6.48. The van der Waals surface area contributed by atoms with Gasteiger partial charge in [0.05, 0.1) is 24.4 Å². The van der Waals surface area contributed by atoms with Crippen molar-refractivity contribution < 1.29 is 19.1 Å². The Morgan fingerprint density at radius 3 is 2.68 bits per heavy atom. The third-order valence-electron chi connectivity index (χ3n) is 3.81. The Labute approximate surface area is 112 Å². The zero-order valence-corrected chi connectivity index (χ0v) is 11.2. The third kappa shape index (κ3) is 2.97. The normalized spacial score (nSPS) is 26.3. The Balaban J connectivity index is 2.03. The summed E-state index contributed by atoms with van der Waals surface area (Å²) in [6.45, 7) is 2.45. The fraction of sp³-hybridized carbons (Fsp3) is 0.571. The summed E-state index contributed by atoms with van der Waals surface area (Å²) < 4.78 is 4.96. The van der Waals surface area contributed by atoms with Gasteiger partial charge in [-0.05, 0) is 24.8 Å². The molecule has 1 heterocycles. The van der Waals surface area contributed by atoms with Gasteiger partial charge in [-0.3, -0.25) is 9.59 Å². The van der Waals surface area contributed by atoms with Crippen molar-refractivity contribution in [2.24, 2.45) is 17.8 Å². The molecule has 104 valence electrons. The molecule has 3 atom stereocenters. The molecule has 1 fully saturated rings. The fourth-order valence-corrected chi connectivity index (χ4v) is 2.86. The molecule has 1 amide bonds. The lowest BCUT2D eigenvalue weighted by Gasteiger charge is -2.23. The maximum absolute atomic E-state index is 12.4. The molecule has 1 N–H and O–H groups in total. The van der Waals surface area contributed by atoms with Crippen LogP contribution in [0.3, 0.4) is 0 Å². The number of aliphatic carboxylic acids is 1. The summed E-state index contributed by atoms with van der Waals surface area (Å²) in [5, 5.41) is 9.20. The Morgan fingerprint density at radius 1 is 1.42 bits per heavy atom. The molecule has 0 spiro atoms. The molecule has 3 unspecified atom stereocenters. The maximum Gasteiger partial charge on any atom is 0.307 e. The summed E-state index contributed by atoms with van der Waals surface area (Å²) in [5.74, 6) is -1.60. The van der Waals surface area contributed by atoms with Gasteiger partial charge in [-0.15, -0.1) is 0 Å². The van der Waals surface area contributed by atoms with Crippen LogP contribution in [0.5, 0.6) is 0 Å². The van der Waals surface area contributed by atoms with E-state index in [9.17, 15) is 14.7 Å². The molecule has 1 aromatic rings. The van der Waals surface area contributed by atoms with Gasteiger partial charge in [-0.25, -0.2) is 0 Å². The largest absolute Gasteiger partial charge is 0.481 e. The van der Waals surface area contributed by atoms with Gasteiger partial charge in [0.2, 0.25) is 5.91 Å². The van der Waals surface area contributed by atoms with Crippen molar-refractivity contribution in [3.63, 3.8) is 0 Å². The number of carbonyl (C=O) groups is 2. The van der Waals surface area contributed by atoms with E-state index in [-0.39, 0.29) is 11.8 Å². The minimum atomic E-state index is -0.862. The van der Waals surface area contributed by atoms with E-state index in [0.29, 0.717) is 19.4 Å². The highest BCUT2D eigenvalue weighted by atomic mass is 16.4. The van der Waals surface area contributed by atoms with Gasteiger partial charge in [-0.2, -0.15) is 0 Å². The highest BCUT2D eigenvalue weighted by Gasteiger charge is 2.42. The van der Waals surface area contributed by atoms with Crippen LogP contribution in [0.15, 0.2) is 23.0 Å². The average Bonchev–Trinajstić information content (AvgIpc) is 2.97. The Hall–Kier alpha value is -1.78. The predicted molar refractivity (Wildman–Crippen MR) is 68.2 cm³/mol. The van der Waals surface area contributed by atoms with Crippen LogP contribution in [0.1, 0.15) is 25.3 Å². The molecule has 0 saturated heterocycles. The molecule has 1 aliphatic carbocycles. The van der Waals surface area contributed by atoms with E-state index in [1.807, 2.05) is 6.92 Å². The summed E-state index contributed by atoms with van der Waals surface area (Å²) in [7, 11) is 1.71. The molecule has 5 heteroatoms. The number of furan rings is 1. The van der Waals surface area contributed by atoms with Gasteiger partial charge in [0.15, 0.2) is 0 Å². The predicted octanol–water partition coefficient (Wildman–Crippen LogP) is 1.98. The van der Waals surface area contributed by atoms with E-state index in [4.69, 9.17) is 4.42 Å². The number of carboxylic acid groups (broad SMARTS) is 1. The molecule has 1 saturated carbocycles. The molecular weight excluding hydrogens is 246 g/mol. The number of hydrogen-bond acceptors (Lipinski definition) is 3. The van der Waals surface area contributed by atoms with Gasteiger partial charge in [0.25, 0.3) is 0 Å². The van der Waals surface area contributed by atoms with E-state index in [1.165, 1.54) is 0 Å². The van der Waals surface area contributed by atoms with Crippen LogP contribution in [-0.4, -0.2) is 28.9 Å². The fourth-order valence-electron chi connectivity index (χ4n) is 2.86. The van der Waals surface area contributed by atoms with Gasteiger partial charge in [0.1, 0.15) is 0 Å². The number of rotatable bonds is 4. The minimum Gasteiger partial charge on any atom is -0.481 e. The maximum atomic E-state index is 12.4. The number of hydrogen-bond donors (Lipinski definition) is 1. The van der Waals surface area contributed by atoms with Crippen LogP contribution in [0, 0.1) is 17.8 Å². The second kappa shape index (κ2) is 5.47. The minimum absolute atomic E-state index is 0.0852. The zero-order chi connectivity index (χ0) is 14.0. The number of amides is 1. The number of nitrogens with zero attached hydrogens (tertiary/aromatic N) is 1. The van der Waals surface area contributed by atoms with E-state index in [2.05, 4.69) is 0 Å². The van der Waals surface area contributed by atoms with Crippen molar-refractivity contribution in [2.45, 2.75) is 26.3 Å². The van der Waals surface area contributed by atoms with E-state index >= 15 is 0 Å². The van der Waals surface area contributed by atoms with Crippen LogP contribution >= 0.6 is 0 Å². The second-order valence-corrected chi connectivity index (χ2v) is 5.45. The molecule has 1 aliphatic rings. The van der Waals surface area contributed by atoms with Crippen LogP contribution < -0.4 is 0 Å². The zero-order valence-electron chi connectivity index (χ0n) is 11.2. The molecule has 0 aromatic carbocycles. The van der Waals surface area contributed by atoms with Gasteiger partial charge in [-0.1, -0.05) is 6.92 Å². The van der Waals surface area contributed by atoms with Gasteiger partial charge < -0.3 is 14.4 Å². The molecule has 2 rings (SSSR count). The highest BCUT2D eigenvalue weighted by molar-refractivity contribution is 5.85. The first-order chi connectivity index (χ1) is 8.99. The molecule has 0 radical (unpaired) electrons. The van der Waals surface area contributed by atoms with Crippen molar-refractivity contribution in [2.75, 3.05) is 7.05 Å². The van der Waals surface area contributed by atoms with Gasteiger partial charge >= 0.3 is 5.97 Å².